The minimum Gasteiger partial charge on any atom is -0.371 e. The van der Waals surface area contributed by atoms with Crippen molar-refractivity contribution in [3.8, 4) is 0 Å². The summed E-state index contributed by atoms with van der Waals surface area (Å²) < 4.78 is 14.8. The van der Waals surface area contributed by atoms with Gasteiger partial charge in [0, 0.05) is 36.6 Å². The average molecular weight is 380 g/mol. The fraction of sp³-hybridized carbons (Fsp3) is 0.562. The lowest BCUT2D eigenvalue weighted by atomic mass is 10.3. The van der Waals surface area contributed by atoms with Gasteiger partial charge in [0.25, 0.3) is 0 Å². The molecule has 4 rings (SSSR count). The fourth-order valence-electron chi connectivity index (χ4n) is 3.05. The fourth-order valence-corrected chi connectivity index (χ4v) is 4.80. The highest BCUT2D eigenvalue weighted by Crippen LogP contribution is 2.26. The van der Waals surface area contributed by atoms with Crippen molar-refractivity contribution >= 4 is 29.0 Å². The Bertz CT molecular complexity index is 705. The van der Waals surface area contributed by atoms with E-state index in [4.69, 9.17) is 9.47 Å². The van der Waals surface area contributed by atoms with Crippen molar-refractivity contribution < 1.29 is 14.3 Å². The Morgan fingerprint density at radius 2 is 2.12 bits per heavy atom. The van der Waals surface area contributed by atoms with Crippen LogP contribution in [0.15, 0.2) is 28.2 Å². The Kier molecular flexibility index (Phi) is 5.07. The lowest BCUT2D eigenvalue weighted by Gasteiger charge is -2.18. The van der Waals surface area contributed by atoms with Gasteiger partial charge in [-0.2, -0.15) is 5.10 Å². The van der Waals surface area contributed by atoms with E-state index in [1.54, 1.807) is 17.5 Å². The van der Waals surface area contributed by atoms with Crippen molar-refractivity contribution in [2.24, 2.45) is 0 Å². The molecule has 0 unspecified atom stereocenters. The van der Waals surface area contributed by atoms with Gasteiger partial charge in [0.1, 0.15) is 12.2 Å². The van der Waals surface area contributed by atoms with Crippen LogP contribution in [0.3, 0.4) is 0 Å². The number of hydrogen-bond donors (Lipinski definition) is 0. The lowest BCUT2D eigenvalue weighted by Crippen LogP contribution is -2.32. The number of likely N-dealkylation sites (tertiary alicyclic amines) is 1. The maximum absolute atomic E-state index is 12.5. The van der Waals surface area contributed by atoms with E-state index in [1.807, 2.05) is 34.1 Å². The van der Waals surface area contributed by atoms with Crippen molar-refractivity contribution in [3.63, 3.8) is 0 Å². The number of ether oxygens (including phenoxy) is 2. The molecule has 2 aromatic rings. The first-order chi connectivity index (χ1) is 12.2. The van der Waals surface area contributed by atoms with E-state index in [0.717, 1.165) is 10.0 Å². The molecule has 2 aliphatic rings. The molecule has 2 saturated heterocycles. The zero-order valence-electron chi connectivity index (χ0n) is 13.9. The van der Waals surface area contributed by atoms with Gasteiger partial charge in [-0.3, -0.25) is 9.48 Å². The normalized spacial score (nSPS) is 24.3. The Morgan fingerprint density at radius 1 is 1.36 bits per heavy atom. The van der Waals surface area contributed by atoms with Crippen LogP contribution in [0.4, 0.5) is 0 Å². The van der Waals surface area contributed by atoms with Crippen LogP contribution in [-0.4, -0.2) is 69.8 Å². The molecule has 0 N–H and O–H groups in total. The van der Waals surface area contributed by atoms with Gasteiger partial charge in [-0.15, -0.1) is 11.3 Å². The molecule has 4 heterocycles. The number of carbonyl (C=O) groups is 1. The summed E-state index contributed by atoms with van der Waals surface area (Å²) in [5.41, 5.74) is 0.997. The van der Waals surface area contributed by atoms with Crippen LogP contribution < -0.4 is 0 Å². The van der Waals surface area contributed by atoms with Crippen LogP contribution >= 0.6 is 23.1 Å². The van der Waals surface area contributed by atoms with Gasteiger partial charge in [0.05, 0.1) is 25.0 Å². The number of thioether (sulfide) groups is 1. The molecular formula is C16H20N4O3S2. The van der Waals surface area contributed by atoms with Gasteiger partial charge >= 0.3 is 0 Å². The highest BCUT2D eigenvalue weighted by Gasteiger charge is 2.39. The van der Waals surface area contributed by atoms with Gasteiger partial charge < -0.3 is 14.4 Å². The van der Waals surface area contributed by atoms with Gasteiger partial charge in [-0.25, -0.2) is 4.98 Å². The number of carbonyl (C=O) groups excluding carboxylic acids is 1. The Balaban J connectivity index is 1.29. The van der Waals surface area contributed by atoms with Crippen LogP contribution in [0.2, 0.25) is 0 Å². The van der Waals surface area contributed by atoms with Crippen LogP contribution in [0.25, 0.3) is 0 Å². The molecule has 2 fully saturated rings. The Hall–Kier alpha value is -1.42. The SMILES string of the molecule is Cc1csc(SCC(=O)N2C[C@@H]3OCC(n4cccn4)CO[C@H]3C2)n1. The molecule has 134 valence electrons. The molecule has 9 heteroatoms. The summed E-state index contributed by atoms with van der Waals surface area (Å²) in [4.78, 5) is 18.7. The third-order valence-electron chi connectivity index (χ3n) is 4.39. The predicted octanol–water partition coefficient (Wildman–Crippen LogP) is 1.61. The molecule has 0 aromatic carbocycles. The summed E-state index contributed by atoms with van der Waals surface area (Å²) in [6.07, 6.45) is 3.56. The second kappa shape index (κ2) is 7.45. The molecule has 2 atom stereocenters. The Labute approximate surface area is 154 Å². The van der Waals surface area contributed by atoms with Crippen molar-refractivity contribution in [1.82, 2.24) is 19.7 Å². The number of rotatable bonds is 4. The number of aryl methyl sites for hydroxylation is 1. The zero-order valence-corrected chi connectivity index (χ0v) is 15.5. The average Bonchev–Trinajstić information content (AvgIpc) is 3.33. The highest BCUT2D eigenvalue weighted by molar-refractivity contribution is 8.01. The molecule has 0 aliphatic carbocycles. The minimum atomic E-state index is -0.0587. The summed E-state index contributed by atoms with van der Waals surface area (Å²) in [7, 11) is 0. The standard InChI is InChI=1S/C16H20N4O3S2/c1-11-9-24-16(18-11)25-10-15(21)19-5-13-14(6-19)23-8-12(7-22-13)20-4-2-3-17-20/h2-4,9,12-14H,5-8,10H2,1H3/t13-,14-/m0/s1. The molecule has 0 saturated carbocycles. The molecule has 1 amide bonds. The molecule has 7 nitrogen and oxygen atoms in total. The predicted molar refractivity (Wildman–Crippen MR) is 94.9 cm³/mol. The third-order valence-corrected chi connectivity index (χ3v) is 6.51. The number of fused-ring (bicyclic) bond motifs is 1. The van der Waals surface area contributed by atoms with Gasteiger partial charge in [0.15, 0.2) is 4.34 Å². The number of nitrogens with zero attached hydrogens (tertiary/aromatic N) is 4. The maximum atomic E-state index is 12.5. The zero-order chi connectivity index (χ0) is 17.2. The molecular weight excluding hydrogens is 360 g/mol. The van der Waals surface area contributed by atoms with E-state index in [1.165, 1.54) is 11.8 Å². The quantitative estimate of drug-likeness (QED) is 0.751. The smallest absolute Gasteiger partial charge is 0.233 e. The molecule has 0 bridgehead atoms. The first-order valence-corrected chi connectivity index (χ1v) is 10.1. The first-order valence-electron chi connectivity index (χ1n) is 8.24. The van der Waals surface area contributed by atoms with Crippen molar-refractivity contribution in [2.45, 2.75) is 29.5 Å². The number of thiazole rings is 1. The largest absolute Gasteiger partial charge is 0.371 e. The van der Waals surface area contributed by atoms with Crippen LogP contribution in [0.1, 0.15) is 11.7 Å². The lowest BCUT2D eigenvalue weighted by molar-refractivity contribution is -0.128. The van der Waals surface area contributed by atoms with E-state index in [2.05, 4.69) is 10.1 Å². The summed E-state index contributed by atoms with van der Waals surface area (Å²) in [5.74, 6) is 0.518. The molecule has 25 heavy (non-hydrogen) atoms. The van der Waals surface area contributed by atoms with E-state index in [-0.39, 0.29) is 24.2 Å². The van der Waals surface area contributed by atoms with Gasteiger partial charge in [0.2, 0.25) is 5.91 Å². The molecule has 0 spiro atoms. The number of hydrogen-bond acceptors (Lipinski definition) is 7. The molecule has 2 aliphatic heterocycles. The Morgan fingerprint density at radius 3 is 2.72 bits per heavy atom. The van der Waals surface area contributed by atoms with E-state index >= 15 is 0 Å². The molecule has 2 aromatic heterocycles. The van der Waals surface area contributed by atoms with E-state index < -0.39 is 0 Å². The highest BCUT2D eigenvalue weighted by atomic mass is 32.2. The summed E-state index contributed by atoms with van der Waals surface area (Å²) >= 11 is 3.07. The minimum absolute atomic E-state index is 0.0587. The van der Waals surface area contributed by atoms with E-state index in [9.17, 15) is 4.79 Å². The third kappa shape index (κ3) is 3.89. The van der Waals surface area contributed by atoms with Crippen LogP contribution in [0, 0.1) is 6.92 Å². The van der Waals surface area contributed by atoms with Crippen molar-refractivity contribution in [1.29, 1.82) is 0 Å². The maximum Gasteiger partial charge on any atom is 0.233 e. The molecule has 0 radical (unpaired) electrons. The second-order valence-corrected chi connectivity index (χ2v) is 8.31. The van der Waals surface area contributed by atoms with Crippen molar-refractivity contribution in [3.05, 3.63) is 29.5 Å². The van der Waals surface area contributed by atoms with Gasteiger partial charge in [-0.05, 0) is 13.0 Å². The summed E-state index contributed by atoms with van der Waals surface area (Å²) in [6.45, 7) is 4.25. The van der Waals surface area contributed by atoms with Crippen molar-refractivity contribution in [2.75, 3.05) is 32.1 Å². The first kappa shape index (κ1) is 17.0. The topological polar surface area (TPSA) is 69.5 Å². The summed E-state index contributed by atoms with van der Waals surface area (Å²) in [6, 6.07) is 1.99. The summed E-state index contributed by atoms with van der Waals surface area (Å²) in [5, 5.41) is 6.26. The van der Waals surface area contributed by atoms with E-state index in [0.29, 0.717) is 32.1 Å². The number of aromatic nitrogens is 3. The monoisotopic (exact) mass is 380 g/mol. The van der Waals surface area contributed by atoms with Gasteiger partial charge in [-0.1, -0.05) is 11.8 Å². The second-order valence-electron chi connectivity index (χ2n) is 6.23. The van der Waals surface area contributed by atoms with Crippen LogP contribution in [0.5, 0.6) is 0 Å². The number of amides is 1. The van der Waals surface area contributed by atoms with Crippen LogP contribution in [-0.2, 0) is 14.3 Å².